The molecule has 1 amide bonds. The molecule has 7 rings (SSSR count). The zero-order chi connectivity index (χ0) is 37.6. The van der Waals surface area contributed by atoms with Crippen molar-refractivity contribution in [1.29, 1.82) is 0 Å². The van der Waals surface area contributed by atoms with Gasteiger partial charge in [0.25, 0.3) is 5.91 Å². The number of aromatic nitrogens is 2. The molecule has 1 aromatic heterocycles. The summed E-state index contributed by atoms with van der Waals surface area (Å²) < 4.78 is 12.9. The van der Waals surface area contributed by atoms with Crippen LogP contribution in [0.2, 0.25) is 0 Å². The van der Waals surface area contributed by atoms with Crippen LogP contribution in [0, 0.1) is 23.7 Å². The summed E-state index contributed by atoms with van der Waals surface area (Å²) in [6.07, 6.45) is -8.57. The zero-order valence-electron chi connectivity index (χ0n) is 29.0. The van der Waals surface area contributed by atoms with E-state index in [1.54, 1.807) is 24.1 Å². The second-order valence-corrected chi connectivity index (χ2v) is 14.2. The lowest BCUT2D eigenvalue weighted by atomic mass is 9.70. The van der Waals surface area contributed by atoms with Crippen LogP contribution in [0.5, 0.6) is 0 Å². The highest BCUT2D eigenvalue weighted by Gasteiger charge is 2.47. The molecule has 4 aliphatic rings. The van der Waals surface area contributed by atoms with Gasteiger partial charge in [-0.15, -0.1) is 0 Å². The maximum atomic E-state index is 13.4. The third-order valence-electron chi connectivity index (χ3n) is 11.0. The molecule has 14 nitrogen and oxygen atoms in total. The van der Waals surface area contributed by atoms with Crippen LogP contribution in [0.15, 0.2) is 48.8 Å². The van der Waals surface area contributed by atoms with Crippen LogP contribution >= 0.6 is 0 Å². The highest BCUT2D eigenvalue weighted by molar-refractivity contribution is 5.94. The zero-order valence-corrected chi connectivity index (χ0v) is 29.0. The van der Waals surface area contributed by atoms with E-state index in [1.807, 2.05) is 41.3 Å². The molecule has 0 unspecified atom stereocenters. The predicted molar refractivity (Wildman–Crippen MR) is 187 cm³/mol. The fraction of sp³-hybridized carbons (Fsp3) is 0.487. The first-order chi connectivity index (χ1) is 25.4. The monoisotopic (exact) mass is 729 g/mol. The standard InChI is InChI=1S/C39H43N3O11/c1-41-19-23(18-40-41)38(51)42-13-11-39(12-14-42)26-16-21(4-8-28-32(45)36(49)34(47)30(52-28)10-15-43)2-6-24(26)25-7-3-22(17-27(25)39)5-9-29-33(46)37(50)35(48)31(20-44)53-29/h2-3,6-7,16-19,28-37,43-50H,10-15,20H2,1H3/t28-,29-,30-,31-,32-,33-,34-,35-,36-,37-/m1/s1. The van der Waals surface area contributed by atoms with E-state index in [0.717, 1.165) is 22.3 Å². The molecule has 3 aliphatic heterocycles. The number of fused-ring (bicyclic) bond motifs is 5. The van der Waals surface area contributed by atoms with E-state index in [2.05, 4.69) is 28.8 Å². The molecule has 3 fully saturated rings. The van der Waals surface area contributed by atoms with Crippen LogP contribution < -0.4 is 0 Å². The van der Waals surface area contributed by atoms with Crippen LogP contribution in [0.4, 0.5) is 0 Å². The number of benzene rings is 2. The van der Waals surface area contributed by atoms with Gasteiger partial charge in [0.2, 0.25) is 0 Å². The molecule has 14 heteroatoms. The van der Waals surface area contributed by atoms with Crippen molar-refractivity contribution in [3.63, 3.8) is 0 Å². The van der Waals surface area contributed by atoms with Gasteiger partial charge in [-0.05, 0) is 65.8 Å². The van der Waals surface area contributed by atoms with Gasteiger partial charge < -0.3 is 55.2 Å². The molecule has 280 valence electrons. The van der Waals surface area contributed by atoms with Crippen LogP contribution in [0.1, 0.15) is 51.9 Å². The molecule has 3 aromatic rings. The van der Waals surface area contributed by atoms with Crippen molar-refractivity contribution in [3.8, 4) is 34.8 Å². The van der Waals surface area contributed by atoms with Gasteiger partial charge in [0.15, 0.2) is 0 Å². The molecular formula is C39H43N3O11. The van der Waals surface area contributed by atoms with Crippen LogP contribution in [0.3, 0.4) is 0 Å². The van der Waals surface area contributed by atoms with E-state index in [4.69, 9.17) is 9.47 Å². The minimum atomic E-state index is -1.54. The minimum absolute atomic E-state index is 0.0674. The number of aryl methyl sites for hydroxylation is 1. The maximum absolute atomic E-state index is 13.4. The Bertz CT molecular complexity index is 1970. The number of piperidine rings is 1. The first kappa shape index (κ1) is 37.2. The lowest BCUT2D eigenvalue weighted by Gasteiger charge is -2.41. The van der Waals surface area contributed by atoms with E-state index in [1.165, 1.54) is 0 Å². The Morgan fingerprint density at radius 1 is 0.792 bits per heavy atom. The number of likely N-dealkylation sites (tertiary alicyclic amines) is 1. The molecule has 2 aromatic carbocycles. The second-order valence-electron chi connectivity index (χ2n) is 14.2. The first-order valence-electron chi connectivity index (χ1n) is 17.7. The Morgan fingerprint density at radius 3 is 1.81 bits per heavy atom. The Morgan fingerprint density at radius 2 is 1.32 bits per heavy atom. The summed E-state index contributed by atoms with van der Waals surface area (Å²) >= 11 is 0. The molecular weight excluding hydrogens is 686 g/mol. The number of carbonyl (C=O) groups excluding carboxylic acids is 1. The van der Waals surface area contributed by atoms with Gasteiger partial charge in [-0.25, -0.2) is 0 Å². The number of carbonyl (C=O) groups is 1. The molecule has 8 N–H and O–H groups in total. The fourth-order valence-corrected chi connectivity index (χ4v) is 7.96. The predicted octanol–water partition coefficient (Wildman–Crippen LogP) is -1.60. The van der Waals surface area contributed by atoms with Gasteiger partial charge in [0, 0.05) is 49.5 Å². The van der Waals surface area contributed by atoms with Crippen molar-refractivity contribution in [2.45, 2.75) is 85.7 Å². The van der Waals surface area contributed by atoms with Crippen LogP contribution in [-0.2, 0) is 21.9 Å². The summed E-state index contributed by atoms with van der Waals surface area (Å²) in [5.41, 5.74) is 5.19. The Hall–Kier alpha value is -4.16. The van der Waals surface area contributed by atoms with Crippen molar-refractivity contribution in [2.24, 2.45) is 7.05 Å². The number of hydrogen-bond donors (Lipinski definition) is 8. The minimum Gasteiger partial charge on any atom is -0.396 e. The lowest BCUT2D eigenvalue weighted by molar-refractivity contribution is -0.214. The van der Waals surface area contributed by atoms with Crippen LogP contribution in [0.25, 0.3) is 11.1 Å². The van der Waals surface area contributed by atoms with Gasteiger partial charge in [0.1, 0.15) is 54.9 Å². The van der Waals surface area contributed by atoms with Crippen molar-refractivity contribution >= 4 is 5.91 Å². The Balaban J connectivity index is 1.22. The van der Waals surface area contributed by atoms with Gasteiger partial charge in [-0.3, -0.25) is 9.48 Å². The molecule has 4 heterocycles. The largest absolute Gasteiger partial charge is 0.396 e. The topological polar surface area (TPSA) is 218 Å². The van der Waals surface area contributed by atoms with E-state index in [-0.39, 0.29) is 18.9 Å². The molecule has 10 atom stereocenters. The van der Waals surface area contributed by atoms with E-state index in [9.17, 15) is 45.6 Å². The average Bonchev–Trinajstić information content (AvgIpc) is 3.72. The molecule has 3 saturated heterocycles. The van der Waals surface area contributed by atoms with Crippen LogP contribution in [-0.4, -0.2) is 149 Å². The third-order valence-corrected chi connectivity index (χ3v) is 11.0. The smallest absolute Gasteiger partial charge is 0.257 e. The molecule has 0 bridgehead atoms. The lowest BCUT2D eigenvalue weighted by Crippen LogP contribution is -2.58. The summed E-state index contributed by atoms with van der Waals surface area (Å²) in [5.74, 6) is 11.8. The van der Waals surface area contributed by atoms with Gasteiger partial charge in [-0.1, -0.05) is 35.8 Å². The van der Waals surface area contributed by atoms with Crippen molar-refractivity contribution < 1.29 is 55.1 Å². The molecule has 0 saturated carbocycles. The fourth-order valence-electron chi connectivity index (χ4n) is 7.96. The number of aliphatic hydroxyl groups excluding tert-OH is 8. The normalized spacial score (nSPS) is 31.5. The van der Waals surface area contributed by atoms with E-state index >= 15 is 0 Å². The summed E-state index contributed by atoms with van der Waals surface area (Å²) in [6.45, 7) is 0.0825. The van der Waals surface area contributed by atoms with Crippen molar-refractivity contribution in [3.05, 3.63) is 76.6 Å². The van der Waals surface area contributed by atoms with Crippen molar-refractivity contribution in [1.82, 2.24) is 14.7 Å². The number of aliphatic hydroxyl groups is 8. The third kappa shape index (κ3) is 6.77. The quantitative estimate of drug-likeness (QED) is 0.143. The summed E-state index contributed by atoms with van der Waals surface area (Å²) in [6, 6.07) is 11.6. The van der Waals surface area contributed by atoms with Crippen molar-refractivity contribution in [2.75, 3.05) is 26.3 Å². The summed E-state index contributed by atoms with van der Waals surface area (Å²) in [5, 5.41) is 85.4. The first-order valence-corrected chi connectivity index (χ1v) is 17.7. The number of ether oxygens (including phenoxy) is 2. The number of nitrogens with zero attached hydrogens (tertiary/aromatic N) is 3. The Kier molecular flexibility index (Phi) is 10.5. The number of amides is 1. The Labute approximate surface area is 305 Å². The molecule has 1 spiro atoms. The van der Waals surface area contributed by atoms with Gasteiger partial charge in [-0.2, -0.15) is 5.10 Å². The van der Waals surface area contributed by atoms with E-state index < -0.39 is 73.1 Å². The molecule has 1 aliphatic carbocycles. The van der Waals surface area contributed by atoms with Gasteiger partial charge >= 0.3 is 0 Å². The maximum Gasteiger partial charge on any atom is 0.257 e. The second kappa shape index (κ2) is 14.9. The average molecular weight is 730 g/mol. The highest BCUT2D eigenvalue weighted by atomic mass is 16.5. The SMILES string of the molecule is Cn1cc(C(=O)N2CCC3(CC2)c2cc(C#C[C@H]4O[C@H](CO)[C@@H](O)[C@H](O)[C@@H]4O)ccc2-c2ccc(C#C[C@H]4O[C@H](CCO)[C@@H](O)[C@H](O)[C@@H]4O)cc23)cn1. The van der Waals surface area contributed by atoms with Gasteiger partial charge in [0.05, 0.1) is 24.5 Å². The molecule has 0 radical (unpaired) electrons. The highest BCUT2D eigenvalue weighted by Crippen LogP contribution is 2.54. The molecule has 53 heavy (non-hydrogen) atoms. The number of rotatable bonds is 4. The number of hydrogen-bond acceptors (Lipinski definition) is 12. The summed E-state index contributed by atoms with van der Waals surface area (Å²) in [4.78, 5) is 15.2. The van der Waals surface area contributed by atoms with E-state index in [0.29, 0.717) is 42.6 Å². The summed E-state index contributed by atoms with van der Waals surface area (Å²) in [7, 11) is 1.76.